The lowest BCUT2D eigenvalue weighted by Gasteiger charge is -2.21. The zero-order chi connectivity index (χ0) is 10.8. The third-order valence-electron chi connectivity index (χ3n) is 2.97. The molecule has 1 aliphatic rings. The van der Waals surface area contributed by atoms with E-state index in [2.05, 4.69) is 9.97 Å². The van der Waals surface area contributed by atoms with Gasteiger partial charge in [0.25, 0.3) is 5.56 Å². The van der Waals surface area contributed by atoms with Gasteiger partial charge >= 0.3 is 0 Å². The zero-order valence-corrected chi connectivity index (χ0v) is 9.19. The number of aromatic amines is 2. The minimum Gasteiger partial charge on any atom is -0.494 e. The molecule has 0 amide bonds. The van der Waals surface area contributed by atoms with Gasteiger partial charge < -0.3 is 10.1 Å². The Morgan fingerprint density at radius 2 is 1.87 bits per heavy atom. The minimum absolute atomic E-state index is 0.0596. The highest BCUT2D eigenvalue weighted by molar-refractivity contribution is 7.71. The van der Waals surface area contributed by atoms with Gasteiger partial charge in [0.05, 0.1) is 5.56 Å². The molecule has 0 unspecified atom stereocenters. The van der Waals surface area contributed by atoms with Gasteiger partial charge in [-0.3, -0.25) is 9.78 Å². The van der Waals surface area contributed by atoms with Crippen molar-refractivity contribution >= 4 is 12.2 Å². The van der Waals surface area contributed by atoms with E-state index < -0.39 is 0 Å². The summed E-state index contributed by atoms with van der Waals surface area (Å²) in [6, 6.07) is 0. The number of hydrogen-bond donors (Lipinski definition) is 3. The van der Waals surface area contributed by atoms with Gasteiger partial charge in [0, 0.05) is 0 Å². The summed E-state index contributed by atoms with van der Waals surface area (Å²) >= 11 is 4.78. The van der Waals surface area contributed by atoms with E-state index in [0.717, 1.165) is 25.7 Å². The molecule has 5 heteroatoms. The van der Waals surface area contributed by atoms with E-state index in [1.54, 1.807) is 0 Å². The van der Waals surface area contributed by atoms with Crippen LogP contribution < -0.4 is 5.56 Å². The average molecular weight is 226 g/mol. The van der Waals surface area contributed by atoms with Crippen LogP contribution in [-0.2, 0) is 0 Å². The number of hydrogen-bond acceptors (Lipinski definition) is 3. The Morgan fingerprint density at radius 3 is 2.47 bits per heavy atom. The maximum absolute atomic E-state index is 11.7. The average Bonchev–Trinajstić information content (AvgIpc) is 2.17. The van der Waals surface area contributed by atoms with Crippen molar-refractivity contribution in [3.63, 3.8) is 0 Å². The highest BCUT2D eigenvalue weighted by Crippen LogP contribution is 2.33. The fourth-order valence-electron chi connectivity index (χ4n) is 2.25. The molecular formula is C10H14N2O2S. The summed E-state index contributed by atoms with van der Waals surface area (Å²) in [5.74, 6) is 0.116. The smallest absolute Gasteiger partial charge is 0.258 e. The molecule has 1 saturated carbocycles. The van der Waals surface area contributed by atoms with Gasteiger partial charge in [-0.15, -0.1) is 0 Å². The van der Waals surface area contributed by atoms with Gasteiger partial charge in [0.2, 0.25) is 0 Å². The summed E-state index contributed by atoms with van der Waals surface area (Å²) < 4.78 is 0.178. The van der Waals surface area contributed by atoms with Crippen molar-refractivity contribution in [2.45, 2.75) is 38.0 Å². The van der Waals surface area contributed by atoms with Crippen molar-refractivity contribution in [2.24, 2.45) is 0 Å². The molecule has 0 aromatic carbocycles. The molecule has 1 heterocycles. The van der Waals surface area contributed by atoms with E-state index in [9.17, 15) is 9.90 Å². The fraction of sp³-hybridized carbons (Fsp3) is 0.600. The molecule has 0 atom stereocenters. The highest BCUT2D eigenvalue weighted by atomic mass is 32.1. The minimum atomic E-state index is -0.247. The largest absolute Gasteiger partial charge is 0.494 e. The number of rotatable bonds is 1. The molecule has 1 aromatic rings. The van der Waals surface area contributed by atoms with Crippen molar-refractivity contribution in [3.8, 4) is 5.88 Å². The highest BCUT2D eigenvalue weighted by Gasteiger charge is 2.21. The van der Waals surface area contributed by atoms with Crippen molar-refractivity contribution in [1.82, 2.24) is 9.97 Å². The van der Waals surface area contributed by atoms with Gasteiger partial charge in [-0.1, -0.05) is 19.3 Å². The summed E-state index contributed by atoms with van der Waals surface area (Å²) in [5.41, 5.74) is 0.228. The van der Waals surface area contributed by atoms with Crippen LogP contribution in [0.15, 0.2) is 4.79 Å². The molecule has 0 bridgehead atoms. The molecule has 82 valence electrons. The number of aromatic nitrogens is 2. The second kappa shape index (κ2) is 4.18. The Kier molecular flexibility index (Phi) is 2.90. The predicted molar refractivity (Wildman–Crippen MR) is 59.7 cm³/mol. The Labute approximate surface area is 92.4 Å². The maximum atomic E-state index is 11.7. The third kappa shape index (κ3) is 2.12. The number of nitrogens with one attached hydrogen (secondary N) is 2. The number of aromatic hydroxyl groups is 1. The third-order valence-corrected chi connectivity index (χ3v) is 3.18. The lowest BCUT2D eigenvalue weighted by atomic mass is 9.85. The summed E-state index contributed by atoms with van der Waals surface area (Å²) in [4.78, 5) is 16.8. The SMILES string of the molecule is O=c1[nH]c(=S)[nH]c(O)c1C1CCCCC1. The van der Waals surface area contributed by atoms with Gasteiger partial charge in [-0.05, 0) is 31.0 Å². The first-order valence-electron chi connectivity index (χ1n) is 5.24. The first-order chi connectivity index (χ1) is 7.18. The van der Waals surface area contributed by atoms with Crippen LogP contribution >= 0.6 is 12.2 Å². The van der Waals surface area contributed by atoms with E-state index in [4.69, 9.17) is 12.2 Å². The van der Waals surface area contributed by atoms with Crippen molar-refractivity contribution in [3.05, 3.63) is 20.7 Å². The lowest BCUT2D eigenvalue weighted by Crippen LogP contribution is -2.19. The maximum Gasteiger partial charge on any atom is 0.258 e. The first-order valence-corrected chi connectivity index (χ1v) is 5.65. The van der Waals surface area contributed by atoms with Gasteiger partial charge in [0.1, 0.15) is 0 Å². The molecule has 0 radical (unpaired) electrons. The van der Waals surface area contributed by atoms with Crippen LogP contribution in [0.4, 0.5) is 0 Å². The molecule has 1 aromatic heterocycles. The molecule has 1 aliphatic carbocycles. The molecule has 1 fully saturated rings. The Bertz CT molecular complexity index is 457. The van der Waals surface area contributed by atoms with E-state index in [1.165, 1.54) is 6.42 Å². The molecular weight excluding hydrogens is 212 g/mol. The van der Waals surface area contributed by atoms with Crippen LogP contribution in [-0.4, -0.2) is 15.1 Å². The number of H-pyrrole nitrogens is 2. The fourth-order valence-corrected chi connectivity index (χ4v) is 2.44. The van der Waals surface area contributed by atoms with E-state index in [0.29, 0.717) is 5.56 Å². The second-order valence-corrected chi connectivity index (χ2v) is 4.41. The monoisotopic (exact) mass is 226 g/mol. The summed E-state index contributed by atoms with van der Waals surface area (Å²) in [6.45, 7) is 0. The van der Waals surface area contributed by atoms with Gasteiger partial charge in [-0.25, -0.2) is 0 Å². The van der Waals surface area contributed by atoms with E-state index >= 15 is 0 Å². The van der Waals surface area contributed by atoms with Crippen LogP contribution in [0, 0.1) is 4.77 Å². The predicted octanol–water partition coefficient (Wildman–Crippen LogP) is 2.19. The molecule has 3 N–H and O–H groups in total. The first kappa shape index (κ1) is 10.4. The lowest BCUT2D eigenvalue weighted by molar-refractivity contribution is 0.398. The van der Waals surface area contributed by atoms with Crippen LogP contribution in [0.1, 0.15) is 43.6 Å². The Balaban J connectivity index is 2.42. The summed E-state index contributed by atoms with van der Waals surface area (Å²) in [5, 5.41) is 9.68. The van der Waals surface area contributed by atoms with Crippen LogP contribution in [0.25, 0.3) is 0 Å². The molecule has 2 rings (SSSR count). The molecule has 15 heavy (non-hydrogen) atoms. The molecule has 0 spiro atoms. The van der Waals surface area contributed by atoms with Gasteiger partial charge in [-0.2, -0.15) is 0 Å². The Morgan fingerprint density at radius 1 is 1.20 bits per heavy atom. The van der Waals surface area contributed by atoms with Crippen LogP contribution in [0.3, 0.4) is 0 Å². The second-order valence-electron chi connectivity index (χ2n) is 4.01. The molecule has 0 aliphatic heterocycles. The van der Waals surface area contributed by atoms with Crippen molar-refractivity contribution in [1.29, 1.82) is 0 Å². The van der Waals surface area contributed by atoms with Crippen LogP contribution in [0.5, 0.6) is 5.88 Å². The Hall–Kier alpha value is -1.10. The normalized spacial score (nSPS) is 17.9. The summed E-state index contributed by atoms with van der Waals surface area (Å²) in [6.07, 6.45) is 5.42. The quantitative estimate of drug-likeness (QED) is 0.643. The molecule has 0 saturated heterocycles. The van der Waals surface area contributed by atoms with Crippen molar-refractivity contribution in [2.75, 3.05) is 0 Å². The van der Waals surface area contributed by atoms with E-state index in [1.807, 2.05) is 0 Å². The molecule has 4 nitrogen and oxygen atoms in total. The standard InChI is InChI=1S/C10H14N2O2S/c13-8-7(6-4-2-1-3-5-6)9(14)12-10(15)11-8/h6H,1-5H2,(H3,11,12,13,14,15). The zero-order valence-electron chi connectivity index (χ0n) is 8.38. The summed E-state index contributed by atoms with van der Waals surface area (Å²) in [7, 11) is 0. The topological polar surface area (TPSA) is 68.9 Å². The van der Waals surface area contributed by atoms with Crippen LogP contribution in [0.2, 0.25) is 0 Å². The van der Waals surface area contributed by atoms with E-state index in [-0.39, 0.29) is 22.1 Å². The van der Waals surface area contributed by atoms with Crippen molar-refractivity contribution < 1.29 is 5.11 Å². The van der Waals surface area contributed by atoms with Gasteiger partial charge in [0.15, 0.2) is 10.7 Å².